The monoisotopic (exact) mass is 302 g/mol. The molecule has 2 aromatic rings. The van der Waals surface area contributed by atoms with Crippen molar-refractivity contribution in [2.75, 3.05) is 7.11 Å². The lowest BCUT2D eigenvalue weighted by Crippen LogP contribution is -2.28. The second kappa shape index (κ2) is 5.43. The number of nitrogens with zero attached hydrogens (tertiary/aromatic N) is 1. The molecule has 3 nitrogen and oxygen atoms in total. The van der Waals surface area contributed by atoms with E-state index in [4.69, 9.17) is 15.5 Å². The molecule has 1 aromatic heterocycles. The Kier molecular flexibility index (Phi) is 3.76. The van der Waals surface area contributed by atoms with Gasteiger partial charge in [-0.25, -0.2) is 4.98 Å². The SMILES string of the molecule is COc1ccc(Cc2nc(C3CC3)c(C(C)(C)N)s2)cc1. The van der Waals surface area contributed by atoms with Gasteiger partial charge < -0.3 is 10.5 Å². The van der Waals surface area contributed by atoms with Crippen molar-refractivity contribution in [1.82, 2.24) is 4.98 Å². The number of rotatable bonds is 5. The Bertz CT molecular complexity index is 621. The van der Waals surface area contributed by atoms with Gasteiger partial charge in [0.2, 0.25) is 0 Å². The molecule has 1 aliphatic carbocycles. The highest BCUT2D eigenvalue weighted by Crippen LogP contribution is 2.45. The number of thiazole rings is 1. The first-order valence-electron chi connectivity index (χ1n) is 7.39. The van der Waals surface area contributed by atoms with Crippen molar-refractivity contribution < 1.29 is 4.74 Å². The molecule has 1 saturated carbocycles. The van der Waals surface area contributed by atoms with Gasteiger partial charge in [0.1, 0.15) is 5.75 Å². The molecule has 0 atom stereocenters. The number of hydrogen-bond acceptors (Lipinski definition) is 4. The van der Waals surface area contributed by atoms with Crippen molar-refractivity contribution in [3.8, 4) is 5.75 Å². The molecule has 21 heavy (non-hydrogen) atoms. The summed E-state index contributed by atoms with van der Waals surface area (Å²) in [6, 6.07) is 8.20. The lowest BCUT2D eigenvalue weighted by Gasteiger charge is -2.17. The Hall–Kier alpha value is -1.39. The van der Waals surface area contributed by atoms with Gasteiger partial charge >= 0.3 is 0 Å². The summed E-state index contributed by atoms with van der Waals surface area (Å²) in [4.78, 5) is 6.14. The summed E-state index contributed by atoms with van der Waals surface area (Å²) < 4.78 is 5.20. The van der Waals surface area contributed by atoms with Crippen LogP contribution in [0.1, 0.15) is 53.7 Å². The van der Waals surface area contributed by atoms with Gasteiger partial charge in [-0.1, -0.05) is 12.1 Å². The number of hydrogen-bond donors (Lipinski definition) is 1. The summed E-state index contributed by atoms with van der Waals surface area (Å²) in [5.74, 6) is 1.53. The van der Waals surface area contributed by atoms with Gasteiger partial charge in [-0.05, 0) is 44.4 Å². The molecule has 1 aromatic carbocycles. The van der Waals surface area contributed by atoms with Gasteiger partial charge in [0.05, 0.1) is 17.8 Å². The summed E-state index contributed by atoms with van der Waals surface area (Å²) in [6.45, 7) is 4.15. The minimum Gasteiger partial charge on any atom is -0.497 e. The van der Waals surface area contributed by atoms with E-state index in [-0.39, 0.29) is 5.54 Å². The standard InChI is InChI=1S/C17H22N2OS/c1-17(2,18)16-15(12-6-7-12)19-14(21-16)10-11-4-8-13(20-3)9-5-11/h4-5,8-9,12H,6-7,10,18H2,1-3H3. The van der Waals surface area contributed by atoms with Crippen LogP contribution in [0.4, 0.5) is 0 Å². The first-order chi connectivity index (χ1) is 9.97. The molecule has 1 aliphatic rings. The second-order valence-electron chi connectivity index (χ2n) is 6.34. The van der Waals surface area contributed by atoms with E-state index in [1.807, 2.05) is 12.1 Å². The molecule has 3 rings (SSSR count). The van der Waals surface area contributed by atoms with E-state index < -0.39 is 0 Å². The fraction of sp³-hybridized carbons (Fsp3) is 0.471. The molecule has 0 saturated heterocycles. The van der Waals surface area contributed by atoms with Crippen molar-refractivity contribution in [2.24, 2.45) is 5.73 Å². The smallest absolute Gasteiger partial charge is 0.118 e. The third-order valence-corrected chi connectivity index (χ3v) is 5.17. The first kappa shape index (κ1) is 14.5. The van der Waals surface area contributed by atoms with E-state index in [2.05, 4.69) is 26.0 Å². The third-order valence-electron chi connectivity index (χ3n) is 3.76. The van der Waals surface area contributed by atoms with E-state index in [0.717, 1.165) is 17.2 Å². The van der Waals surface area contributed by atoms with Gasteiger partial charge in [-0.3, -0.25) is 0 Å². The number of aromatic nitrogens is 1. The molecule has 0 unspecified atom stereocenters. The normalized spacial score (nSPS) is 15.2. The summed E-state index contributed by atoms with van der Waals surface area (Å²) in [5, 5.41) is 1.16. The predicted molar refractivity (Wildman–Crippen MR) is 87.1 cm³/mol. The molecule has 2 N–H and O–H groups in total. The van der Waals surface area contributed by atoms with Crippen LogP contribution in [-0.2, 0) is 12.0 Å². The topological polar surface area (TPSA) is 48.1 Å². The summed E-state index contributed by atoms with van der Waals surface area (Å²) >= 11 is 1.77. The fourth-order valence-corrected chi connectivity index (χ4v) is 3.67. The van der Waals surface area contributed by atoms with Crippen LogP contribution in [0.3, 0.4) is 0 Å². The highest BCUT2D eigenvalue weighted by molar-refractivity contribution is 7.12. The van der Waals surface area contributed by atoms with Crippen LogP contribution < -0.4 is 10.5 Å². The maximum atomic E-state index is 6.32. The third kappa shape index (κ3) is 3.27. The lowest BCUT2D eigenvalue weighted by atomic mass is 10.0. The average Bonchev–Trinajstić information content (AvgIpc) is 3.20. The van der Waals surface area contributed by atoms with Crippen LogP contribution in [0.15, 0.2) is 24.3 Å². The maximum absolute atomic E-state index is 6.32. The zero-order chi connectivity index (χ0) is 15.0. The van der Waals surface area contributed by atoms with Crippen LogP contribution in [0.5, 0.6) is 5.75 Å². The zero-order valence-electron chi connectivity index (χ0n) is 12.8. The molecule has 1 fully saturated rings. The van der Waals surface area contributed by atoms with Gasteiger partial charge in [0.15, 0.2) is 0 Å². The van der Waals surface area contributed by atoms with E-state index in [9.17, 15) is 0 Å². The molecule has 112 valence electrons. The molecular weight excluding hydrogens is 280 g/mol. The summed E-state index contributed by atoms with van der Waals surface area (Å²) in [7, 11) is 1.69. The van der Waals surface area contributed by atoms with E-state index >= 15 is 0 Å². The van der Waals surface area contributed by atoms with Gasteiger partial charge in [0, 0.05) is 22.8 Å². The molecule has 0 aliphatic heterocycles. The Morgan fingerprint density at radius 2 is 1.95 bits per heavy atom. The summed E-state index contributed by atoms with van der Waals surface area (Å²) in [6.07, 6.45) is 3.38. The van der Waals surface area contributed by atoms with E-state index in [1.54, 1.807) is 18.4 Å². The second-order valence-corrected chi connectivity index (χ2v) is 7.43. The van der Waals surface area contributed by atoms with Crippen molar-refractivity contribution in [3.63, 3.8) is 0 Å². The number of ether oxygens (including phenoxy) is 1. The van der Waals surface area contributed by atoms with Gasteiger partial charge in [0.25, 0.3) is 0 Å². The van der Waals surface area contributed by atoms with Crippen molar-refractivity contribution in [1.29, 1.82) is 0 Å². The highest BCUT2D eigenvalue weighted by Gasteiger charge is 2.33. The Morgan fingerprint density at radius 1 is 1.29 bits per heavy atom. The van der Waals surface area contributed by atoms with Crippen molar-refractivity contribution >= 4 is 11.3 Å². The fourth-order valence-electron chi connectivity index (χ4n) is 2.47. The molecule has 4 heteroatoms. The van der Waals surface area contributed by atoms with Crippen LogP contribution >= 0.6 is 11.3 Å². The average molecular weight is 302 g/mol. The minimum absolute atomic E-state index is 0.298. The van der Waals surface area contributed by atoms with Gasteiger partial charge in [-0.2, -0.15) is 0 Å². The predicted octanol–water partition coefficient (Wildman–Crippen LogP) is 3.81. The van der Waals surface area contributed by atoms with Crippen LogP contribution in [0.2, 0.25) is 0 Å². The van der Waals surface area contributed by atoms with E-state index in [0.29, 0.717) is 5.92 Å². The van der Waals surface area contributed by atoms with Gasteiger partial charge in [-0.15, -0.1) is 11.3 Å². The zero-order valence-corrected chi connectivity index (χ0v) is 13.7. The molecule has 0 bridgehead atoms. The molecule has 0 radical (unpaired) electrons. The molecule has 1 heterocycles. The molecule has 0 amide bonds. The quantitative estimate of drug-likeness (QED) is 0.913. The van der Waals surface area contributed by atoms with E-state index in [1.165, 1.54) is 29.0 Å². The van der Waals surface area contributed by atoms with Crippen LogP contribution in [-0.4, -0.2) is 12.1 Å². The maximum Gasteiger partial charge on any atom is 0.118 e. The largest absolute Gasteiger partial charge is 0.497 e. The lowest BCUT2D eigenvalue weighted by molar-refractivity contribution is 0.414. The van der Waals surface area contributed by atoms with Crippen LogP contribution in [0.25, 0.3) is 0 Å². The first-order valence-corrected chi connectivity index (χ1v) is 8.21. The van der Waals surface area contributed by atoms with Crippen LogP contribution in [0, 0.1) is 0 Å². The number of nitrogens with two attached hydrogens (primary N) is 1. The van der Waals surface area contributed by atoms with Crippen molar-refractivity contribution in [2.45, 2.75) is 44.6 Å². The number of methoxy groups -OCH3 is 1. The summed E-state index contributed by atoms with van der Waals surface area (Å²) in [5.41, 5.74) is 8.53. The minimum atomic E-state index is -0.298. The Balaban J connectivity index is 1.85. The van der Waals surface area contributed by atoms with Crippen molar-refractivity contribution in [3.05, 3.63) is 45.4 Å². The Labute approximate surface area is 130 Å². The highest BCUT2D eigenvalue weighted by atomic mass is 32.1. The molecule has 0 spiro atoms. The Morgan fingerprint density at radius 3 is 2.48 bits per heavy atom. The number of benzene rings is 1. The molecular formula is C17H22N2OS.